The van der Waals surface area contributed by atoms with Crippen LogP contribution in [0.3, 0.4) is 0 Å². The van der Waals surface area contributed by atoms with Gasteiger partial charge in [0.1, 0.15) is 6.54 Å². The van der Waals surface area contributed by atoms with Crippen LogP contribution in [-0.2, 0) is 33.8 Å². The lowest BCUT2D eigenvalue weighted by molar-refractivity contribution is -0.137. The van der Waals surface area contributed by atoms with Gasteiger partial charge in [-0.15, -0.1) is 0 Å². The highest BCUT2D eigenvalue weighted by molar-refractivity contribution is 7.92. The van der Waals surface area contributed by atoms with Crippen LogP contribution >= 0.6 is 11.6 Å². The maximum atomic E-state index is 13.6. The molecule has 1 aliphatic rings. The predicted molar refractivity (Wildman–Crippen MR) is 142 cm³/mol. The fourth-order valence-electron chi connectivity index (χ4n) is 4.68. The summed E-state index contributed by atoms with van der Waals surface area (Å²) in [6.45, 7) is 1.19. The topological polar surface area (TPSA) is 66.5 Å². The fraction of sp³-hybridized carbons (Fsp3) is 0.321. The van der Waals surface area contributed by atoms with Crippen LogP contribution in [-0.4, -0.2) is 20.9 Å². The van der Waals surface area contributed by atoms with Crippen LogP contribution in [0.5, 0.6) is 0 Å². The van der Waals surface area contributed by atoms with Gasteiger partial charge in [0.05, 0.1) is 27.2 Å². The molecule has 5 nitrogen and oxygen atoms in total. The Bertz CT molecular complexity index is 1410. The summed E-state index contributed by atoms with van der Waals surface area (Å²) in [6, 6.07) is 15.8. The third-order valence-electron chi connectivity index (χ3n) is 6.68. The van der Waals surface area contributed by atoms with Crippen molar-refractivity contribution in [3.05, 3.63) is 94.0 Å². The molecule has 0 radical (unpaired) electrons. The Morgan fingerprint density at radius 1 is 1.00 bits per heavy atom. The monoisotopic (exact) mass is 564 g/mol. The third-order valence-corrected chi connectivity index (χ3v) is 8.80. The molecule has 0 spiro atoms. The van der Waals surface area contributed by atoms with E-state index in [0.717, 1.165) is 43.4 Å². The molecule has 1 N–H and O–H groups in total. The number of hydrogen-bond acceptors (Lipinski definition) is 3. The van der Waals surface area contributed by atoms with Gasteiger partial charge in [0.15, 0.2) is 0 Å². The second-order valence-electron chi connectivity index (χ2n) is 9.25. The van der Waals surface area contributed by atoms with Crippen molar-refractivity contribution >= 4 is 33.2 Å². The zero-order valence-electron chi connectivity index (χ0n) is 20.8. The number of anilines is 1. The molecule has 0 fully saturated rings. The minimum atomic E-state index is -4.81. The molecule has 1 atom stereocenters. The second kappa shape index (κ2) is 11.4. The van der Waals surface area contributed by atoms with Crippen molar-refractivity contribution < 1.29 is 26.4 Å². The molecule has 10 heteroatoms. The van der Waals surface area contributed by atoms with Crippen molar-refractivity contribution in [2.45, 2.75) is 56.1 Å². The number of sulfonamides is 1. The van der Waals surface area contributed by atoms with E-state index in [2.05, 4.69) is 17.4 Å². The van der Waals surface area contributed by atoms with Gasteiger partial charge >= 0.3 is 6.18 Å². The van der Waals surface area contributed by atoms with Crippen molar-refractivity contribution in [2.75, 3.05) is 10.8 Å². The standard InChI is InChI=1S/C28H28ClF3N2O3S/c1-2-26(21-13-12-19-8-6-7-9-20(19)16-21)33-27(35)18-34(38(36,37)23-10-4-3-5-11-23)22-14-15-25(29)24(17-22)28(30,31)32/h3-5,10-17,26H,2,6-9,18H2,1H3,(H,33,35)/t26-/m0/s1. The minimum absolute atomic E-state index is 0.155. The molecular formula is C28H28ClF3N2O3S. The number of nitrogens with zero attached hydrogens (tertiary/aromatic N) is 1. The van der Waals surface area contributed by atoms with Crippen molar-refractivity contribution in [1.82, 2.24) is 5.32 Å². The van der Waals surface area contributed by atoms with Gasteiger partial charge in [-0.1, -0.05) is 54.9 Å². The average Bonchev–Trinajstić information content (AvgIpc) is 2.90. The van der Waals surface area contributed by atoms with Gasteiger partial charge in [-0.25, -0.2) is 8.42 Å². The summed E-state index contributed by atoms with van der Waals surface area (Å²) in [5.74, 6) is -0.641. The molecule has 4 rings (SSSR count). The number of fused-ring (bicyclic) bond motifs is 1. The highest BCUT2D eigenvalue weighted by Crippen LogP contribution is 2.38. The minimum Gasteiger partial charge on any atom is -0.348 e. The number of carbonyl (C=O) groups excluding carboxylic acids is 1. The first-order valence-corrected chi connectivity index (χ1v) is 14.2. The van der Waals surface area contributed by atoms with Crippen LogP contribution in [0.2, 0.25) is 5.02 Å². The number of amides is 1. The predicted octanol–water partition coefficient (Wildman–Crippen LogP) is 6.70. The van der Waals surface area contributed by atoms with E-state index in [1.165, 1.54) is 35.4 Å². The van der Waals surface area contributed by atoms with Crippen LogP contribution in [0.1, 0.15) is 54.5 Å². The molecule has 1 amide bonds. The number of rotatable bonds is 8. The number of hydrogen-bond donors (Lipinski definition) is 1. The first kappa shape index (κ1) is 28.0. The number of benzene rings is 3. The lowest BCUT2D eigenvalue weighted by atomic mass is 9.89. The lowest BCUT2D eigenvalue weighted by Gasteiger charge is -2.27. The summed E-state index contributed by atoms with van der Waals surface area (Å²) in [6.07, 6.45) is -0.0209. The van der Waals surface area contributed by atoms with Gasteiger partial charge in [-0.2, -0.15) is 13.2 Å². The maximum absolute atomic E-state index is 13.6. The Balaban J connectivity index is 1.66. The largest absolute Gasteiger partial charge is 0.417 e. The van der Waals surface area contributed by atoms with Gasteiger partial charge < -0.3 is 5.32 Å². The maximum Gasteiger partial charge on any atom is 0.417 e. The average molecular weight is 565 g/mol. The van der Waals surface area contributed by atoms with E-state index in [0.29, 0.717) is 16.8 Å². The number of alkyl halides is 3. The Kier molecular flexibility index (Phi) is 8.37. The van der Waals surface area contributed by atoms with Gasteiger partial charge in [0, 0.05) is 0 Å². The Labute approximate surface area is 225 Å². The molecule has 0 aliphatic heterocycles. The first-order valence-electron chi connectivity index (χ1n) is 12.4. The number of halogens is 4. The van der Waals surface area contributed by atoms with E-state index in [1.807, 2.05) is 13.0 Å². The van der Waals surface area contributed by atoms with E-state index in [-0.39, 0.29) is 16.6 Å². The molecule has 0 heterocycles. The summed E-state index contributed by atoms with van der Waals surface area (Å²) < 4.78 is 68.5. The third kappa shape index (κ3) is 6.15. The Morgan fingerprint density at radius 3 is 2.34 bits per heavy atom. The van der Waals surface area contributed by atoms with Crippen molar-refractivity contribution in [3.63, 3.8) is 0 Å². The van der Waals surface area contributed by atoms with E-state index in [4.69, 9.17) is 11.6 Å². The zero-order chi connectivity index (χ0) is 27.5. The van der Waals surface area contributed by atoms with E-state index in [9.17, 15) is 26.4 Å². The number of carbonyl (C=O) groups is 1. The molecule has 0 unspecified atom stereocenters. The van der Waals surface area contributed by atoms with Crippen LogP contribution in [0.25, 0.3) is 0 Å². The smallest absolute Gasteiger partial charge is 0.348 e. The van der Waals surface area contributed by atoms with Crippen LogP contribution in [0.15, 0.2) is 71.6 Å². The lowest BCUT2D eigenvalue weighted by Crippen LogP contribution is -2.42. The van der Waals surface area contributed by atoms with Gasteiger partial charge in [-0.3, -0.25) is 9.10 Å². The summed E-state index contributed by atoms with van der Waals surface area (Å²) in [5.41, 5.74) is 1.94. The fourth-order valence-corrected chi connectivity index (χ4v) is 6.34. The van der Waals surface area contributed by atoms with Crippen LogP contribution in [0, 0.1) is 0 Å². The normalized spacial score (nSPS) is 14.4. The highest BCUT2D eigenvalue weighted by Gasteiger charge is 2.35. The van der Waals surface area contributed by atoms with Gasteiger partial charge in [0.25, 0.3) is 10.0 Å². The van der Waals surface area contributed by atoms with Crippen LogP contribution in [0.4, 0.5) is 18.9 Å². The Hall–Kier alpha value is -3.04. The molecule has 3 aromatic carbocycles. The molecule has 3 aromatic rings. The van der Waals surface area contributed by atoms with E-state index >= 15 is 0 Å². The molecule has 1 aliphatic carbocycles. The van der Waals surface area contributed by atoms with E-state index in [1.54, 1.807) is 6.07 Å². The summed E-state index contributed by atoms with van der Waals surface area (Å²) in [4.78, 5) is 13.1. The molecule has 0 bridgehead atoms. The Morgan fingerprint density at radius 2 is 1.68 bits per heavy atom. The highest BCUT2D eigenvalue weighted by atomic mass is 35.5. The van der Waals surface area contributed by atoms with Crippen molar-refractivity contribution in [1.29, 1.82) is 0 Å². The molecule has 0 saturated carbocycles. The molecular weight excluding hydrogens is 537 g/mol. The second-order valence-corrected chi connectivity index (χ2v) is 11.5. The van der Waals surface area contributed by atoms with Crippen LogP contribution < -0.4 is 9.62 Å². The molecule has 38 heavy (non-hydrogen) atoms. The summed E-state index contributed by atoms with van der Waals surface area (Å²) in [7, 11) is -4.38. The molecule has 0 aromatic heterocycles. The van der Waals surface area contributed by atoms with Crippen molar-refractivity contribution in [3.8, 4) is 0 Å². The summed E-state index contributed by atoms with van der Waals surface area (Å²) >= 11 is 5.76. The first-order chi connectivity index (χ1) is 18.0. The van der Waals surface area contributed by atoms with Crippen molar-refractivity contribution in [2.24, 2.45) is 0 Å². The van der Waals surface area contributed by atoms with E-state index < -0.39 is 39.2 Å². The number of nitrogens with one attached hydrogen (secondary N) is 1. The zero-order valence-corrected chi connectivity index (χ0v) is 22.3. The molecule has 202 valence electrons. The summed E-state index contributed by atoms with van der Waals surface area (Å²) in [5, 5.41) is 2.31. The quantitative estimate of drug-likeness (QED) is 0.331. The van der Waals surface area contributed by atoms with Gasteiger partial charge in [0.2, 0.25) is 5.91 Å². The van der Waals surface area contributed by atoms with Gasteiger partial charge in [-0.05, 0) is 79.1 Å². The number of aryl methyl sites for hydroxylation is 2. The molecule has 0 saturated heterocycles. The SMILES string of the molecule is CC[C@H](NC(=O)CN(c1ccc(Cl)c(C(F)(F)F)c1)S(=O)(=O)c1ccccc1)c1ccc2c(c1)CCCC2.